The van der Waals surface area contributed by atoms with Crippen LogP contribution >= 0.6 is 0 Å². The molecule has 3 heterocycles. The Hall–Kier alpha value is -2.87. The Morgan fingerprint density at radius 1 is 1.30 bits per heavy atom. The van der Waals surface area contributed by atoms with Gasteiger partial charge in [0.05, 0.1) is 13.4 Å². The van der Waals surface area contributed by atoms with Gasteiger partial charge in [0, 0.05) is 44.5 Å². The highest BCUT2D eigenvalue weighted by Gasteiger charge is 2.43. The van der Waals surface area contributed by atoms with E-state index in [9.17, 15) is 9.59 Å². The summed E-state index contributed by atoms with van der Waals surface area (Å²) in [5, 5.41) is 2.88. The topological polar surface area (TPSA) is 90.6 Å². The van der Waals surface area contributed by atoms with Crippen molar-refractivity contribution in [2.75, 3.05) is 26.7 Å². The van der Waals surface area contributed by atoms with Gasteiger partial charge in [-0.1, -0.05) is 12.1 Å². The van der Waals surface area contributed by atoms with E-state index < -0.39 is 12.1 Å². The number of amides is 2. The molecule has 0 aliphatic carbocycles. The standard InChI is InChI=1S/C19H23N5O3/c1-27-15-4-2-3-13(7-15)10-23-5-6-24-17(11-23)18(25)22-16(19(24)26)8-14-9-20-12-21-14/h2-4,7,9,12,16-17H,5-6,8,10-11H2,1H3,(H,20,21)(H,22,25)/t16-,17+/m0/s1. The van der Waals surface area contributed by atoms with Gasteiger partial charge in [-0.2, -0.15) is 0 Å². The first-order valence-corrected chi connectivity index (χ1v) is 9.07. The number of aromatic nitrogens is 2. The highest BCUT2D eigenvalue weighted by molar-refractivity contribution is 5.97. The van der Waals surface area contributed by atoms with Crippen LogP contribution in [0.25, 0.3) is 0 Å². The molecule has 2 aliphatic heterocycles. The molecule has 0 saturated carbocycles. The number of hydrogen-bond donors (Lipinski definition) is 2. The van der Waals surface area contributed by atoms with Crippen molar-refractivity contribution in [3.05, 3.63) is 48.0 Å². The van der Waals surface area contributed by atoms with Gasteiger partial charge in [-0.15, -0.1) is 0 Å². The van der Waals surface area contributed by atoms with Crippen molar-refractivity contribution >= 4 is 11.8 Å². The molecule has 4 rings (SSSR count). The Morgan fingerprint density at radius 2 is 2.19 bits per heavy atom. The number of nitrogens with zero attached hydrogens (tertiary/aromatic N) is 3. The molecule has 2 atom stereocenters. The van der Waals surface area contributed by atoms with Gasteiger partial charge >= 0.3 is 0 Å². The zero-order chi connectivity index (χ0) is 18.8. The molecule has 2 aliphatic rings. The molecule has 2 fully saturated rings. The molecule has 8 nitrogen and oxygen atoms in total. The van der Waals surface area contributed by atoms with Crippen LogP contribution in [0.4, 0.5) is 0 Å². The molecule has 142 valence electrons. The van der Waals surface area contributed by atoms with Crippen molar-refractivity contribution in [2.45, 2.75) is 25.0 Å². The van der Waals surface area contributed by atoms with Crippen molar-refractivity contribution in [3.63, 3.8) is 0 Å². The number of benzene rings is 1. The van der Waals surface area contributed by atoms with Gasteiger partial charge < -0.3 is 19.9 Å². The number of imidazole rings is 1. The second-order valence-corrected chi connectivity index (χ2v) is 6.98. The third-order valence-corrected chi connectivity index (χ3v) is 5.18. The molecular weight excluding hydrogens is 346 g/mol. The van der Waals surface area contributed by atoms with Gasteiger partial charge in [-0.25, -0.2) is 4.98 Å². The summed E-state index contributed by atoms with van der Waals surface area (Å²) in [6.07, 6.45) is 3.68. The second kappa shape index (κ2) is 7.40. The molecule has 2 N–H and O–H groups in total. The van der Waals surface area contributed by atoms with Crippen LogP contribution in [0.5, 0.6) is 5.75 Å². The second-order valence-electron chi connectivity index (χ2n) is 6.98. The molecule has 0 spiro atoms. The monoisotopic (exact) mass is 369 g/mol. The molecular formula is C19H23N5O3. The highest BCUT2D eigenvalue weighted by Crippen LogP contribution is 2.20. The van der Waals surface area contributed by atoms with E-state index in [2.05, 4.69) is 20.2 Å². The molecule has 0 bridgehead atoms. The highest BCUT2D eigenvalue weighted by atomic mass is 16.5. The fourth-order valence-corrected chi connectivity index (χ4v) is 3.78. The van der Waals surface area contributed by atoms with Crippen LogP contribution in [0.1, 0.15) is 11.3 Å². The first kappa shape index (κ1) is 17.5. The average Bonchev–Trinajstić information content (AvgIpc) is 3.19. The molecule has 0 radical (unpaired) electrons. The summed E-state index contributed by atoms with van der Waals surface area (Å²) in [6.45, 7) is 2.55. The summed E-state index contributed by atoms with van der Waals surface area (Å²) in [6, 6.07) is 6.95. The Kier molecular flexibility index (Phi) is 4.81. The SMILES string of the molecule is COc1cccc(CN2CCN3C(=O)[C@H](Cc4cnc[nH]4)NC(=O)[C@H]3C2)c1. The number of nitrogens with one attached hydrogen (secondary N) is 2. The zero-order valence-corrected chi connectivity index (χ0v) is 15.2. The predicted molar refractivity (Wildman–Crippen MR) is 98.0 cm³/mol. The maximum atomic E-state index is 12.8. The number of hydrogen-bond acceptors (Lipinski definition) is 5. The maximum Gasteiger partial charge on any atom is 0.246 e. The van der Waals surface area contributed by atoms with Crippen LogP contribution < -0.4 is 10.1 Å². The van der Waals surface area contributed by atoms with Gasteiger partial charge in [0.25, 0.3) is 0 Å². The van der Waals surface area contributed by atoms with Crippen molar-refractivity contribution in [1.29, 1.82) is 0 Å². The lowest BCUT2D eigenvalue weighted by molar-refractivity contribution is -0.153. The van der Waals surface area contributed by atoms with Crippen molar-refractivity contribution in [1.82, 2.24) is 25.1 Å². The lowest BCUT2D eigenvalue weighted by Crippen LogP contribution is -2.69. The maximum absolute atomic E-state index is 12.8. The lowest BCUT2D eigenvalue weighted by atomic mass is 10.0. The number of H-pyrrole nitrogens is 1. The summed E-state index contributed by atoms with van der Waals surface area (Å²) < 4.78 is 5.27. The van der Waals surface area contributed by atoms with Gasteiger partial charge in [-0.3, -0.25) is 14.5 Å². The average molecular weight is 369 g/mol. The van der Waals surface area contributed by atoms with E-state index in [1.165, 1.54) is 0 Å². The molecule has 2 amide bonds. The summed E-state index contributed by atoms with van der Waals surface area (Å²) in [5.74, 6) is 0.711. The van der Waals surface area contributed by atoms with Gasteiger partial charge in [0.2, 0.25) is 11.8 Å². The van der Waals surface area contributed by atoms with E-state index >= 15 is 0 Å². The quantitative estimate of drug-likeness (QED) is 0.784. The minimum absolute atomic E-state index is 0.0183. The van der Waals surface area contributed by atoms with Crippen LogP contribution in [-0.2, 0) is 22.6 Å². The number of fused-ring (bicyclic) bond motifs is 1. The van der Waals surface area contributed by atoms with E-state index in [-0.39, 0.29) is 11.8 Å². The summed E-state index contributed by atoms with van der Waals surface area (Å²) in [4.78, 5) is 36.3. The Labute approximate surface area is 157 Å². The lowest BCUT2D eigenvalue weighted by Gasteiger charge is -2.45. The van der Waals surface area contributed by atoms with Crippen molar-refractivity contribution in [2.24, 2.45) is 0 Å². The number of ether oxygens (including phenoxy) is 1. The molecule has 2 saturated heterocycles. The summed E-state index contributed by atoms with van der Waals surface area (Å²) in [5.41, 5.74) is 1.96. The fourth-order valence-electron chi connectivity index (χ4n) is 3.78. The summed E-state index contributed by atoms with van der Waals surface area (Å²) in [7, 11) is 1.65. The van der Waals surface area contributed by atoms with Crippen LogP contribution in [0.15, 0.2) is 36.8 Å². The van der Waals surface area contributed by atoms with E-state index in [0.717, 1.165) is 30.1 Å². The first-order chi connectivity index (χ1) is 13.1. The number of piperazine rings is 2. The van der Waals surface area contributed by atoms with Gasteiger partial charge in [-0.05, 0) is 17.7 Å². The normalized spacial score (nSPS) is 23.1. The molecule has 2 aromatic rings. The molecule has 1 aromatic heterocycles. The molecule has 8 heteroatoms. The number of carbonyl (C=O) groups excluding carboxylic acids is 2. The van der Waals surface area contributed by atoms with E-state index in [1.54, 1.807) is 24.5 Å². The molecule has 27 heavy (non-hydrogen) atoms. The minimum atomic E-state index is -0.529. The van der Waals surface area contributed by atoms with Crippen LogP contribution in [-0.4, -0.2) is 70.4 Å². The van der Waals surface area contributed by atoms with Gasteiger partial charge in [0.1, 0.15) is 17.8 Å². The Morgan fingerprint density at radius 3 is 2.96 bits per heavy atom. The van der Waals surface area contributed by atoms with E-state index in [1.807, 2.05) is 24.3 Å². The molecule has 1 aromatic carbocycles. The Bertz CT molecular complexity index is 823. The molecule has 0 unspecified atom stereocenters. The first-order valence-electron chi connectivity index (χ1n) is 9.07. The third-order valence-electron chi connectivity index (χ3n) is 5.18. The van der Waals surface area contributed by atoms with Crippen LogP contribution in [0.2, 0.25) is 0 Å². The van der Waals surface area contributed by atoms with E-state index in [0.29, 0.717) is 19.5 Å². The van der Waals surface area contributed by atoms with Crippen molar-refractivity contribution < 1.29 is 14.3 Å². The summed E-state index contributed by atoms with van der Waals surface area (Å²) >= 11 is 0. The number of methoxy groups -OCH3 is 1. The largest absolute Gasteiger partial charge is 0.497 e. The fraction of sp³-hybridized carbons (Fsp3) is 0.421. The van der Waals surface area contributed by atoms with Crippen LogP contribution in [0, 0.1) is 0 Å². The predicted octanol–water partition coefficient (Wildman–Crippen LogP) is 0.172. The number of rotatable bonds is 5. The smallest absolute Gasteiger partial charge is 0.246 e. The van der Waals surface area contributed by atoms with E-state index in [4.69, 9.17) is 4.74 Å². The van der Waals surface area contributed by atoms with Crippen LogP contribution in [0.3, 0.4) is 0 Å². The number of carbonyl (C=O) groups is 2. The minimum Gasteiger partial charge on any atom is -0.497 e. The number of aromatic amines is 1. The van der Waals surface area contributed by atoms with Crippen molar-refractivity contribution in [3.8, 4) is 5.75 Å². The third kappa shape index (κ3) is 3.66. The van der Waals surface area contributed by atoms with Gasteiger partial charge in [0.15, 0.2) is 0 Å². The Balaban J connectivity index is 1.41. The zero-order valence-electron chi connectivity index (χ0n) is 15.2.